The summed E-state index contributed by atoms with van der Waals surface area (Å²) in [5.41, 5.74) is 2.04. The molecule has 142 valence electrons. The number of hydrogen-bond acceptors (Lipinski definition) is 3. The summed E-state index contributed by atoms with van der Waals surface area (Å²) < 4.78 is 13.1. The monoisotopic (exact) mass is 370 g/mol. The summed E-state index contributed by atoms with van der Waals surface area (Å²) in [4.78, 5) is 40.5. The molecule has 27 heavy (non-hydrogen) atoms. The smallest absolute Gasteiger partial charge is 0.243 e. The minimum atomic E-state index is -0.271. The fourth-order valence-corrected chi connectivity index (χ4v) is 4.44. The van der Waals surface area contributed by atoms with Gasteiger partial charge in [-0.25, -0.2) is 4.39 Å². The Morgan fingerprint density at radius 3 is 2.22 bits per heavy atom. The molecular weight excluding hydrogens is 347 g/mol. The molecule has 2 aliphatic heterocycles. The van der Waals surface area contributed by atoms with E-state index in [9.17, 15) is 18.8 Å². The summed E-state index contributed by atoms with van der Waals surface area (Å²) in [6.45, 7) is 0.824. The van der Waals surface area contributed by atoms with Crippen LogP contribution in [0.25, 0.3) is 5.57 Å². The molecule has 3 aliphatic rings. The molecule has 0 unspecified atom stereocenters. The van der Waals surface area contributed by atoms with Crippen molar-refractivity contribution in [1.82, 2.24) is 9.80 Å². The molecule has 0 bridgehead atoms. The molecule has 3 amide bonds. The molecule has 2 heterocycles. The van der Waals surface area contributed by atoms with Gasteiger partial charge in [-0.2, -0.15) is 0 Å². The van der Waals surface area contributed by atoms with Gasteiger partial charge in [-0.15, -0.1) is 0 Å². The molecule has 0 spiro atoms. The molecular formula is C21H23FN2O3. The molecule has 0 aromatic heterocycles. The lowest BCUT2D eigenvalue weighted by molar-refractivity contribution is -0.146. The van der Waals surface area contributed by atoms with Crippen molar-refractivity contribution in [3.63, 3.8) is 0 Å². The highest BCUT2D eigenvalue weighted by molar-refractivity contribution is 6.07. The van der Waals surface area contributed by atoms with Crippen molar-refractivity contribution in [2.45, 2.75) is 32.1 Å². The summed E-state index contributed by atoms with van der Waals surface area (Å²) in [6.07, 6.45) is 6.10. The van der Waals surface area contributed by atoms with Crippen molar-refractivity contribution in [3.8, 4) is 0 Å². The van der Waals surface area contributed by atoms with Crippen LogP contribution < -0.4 is 0 Å². The number of imide groups is 1. The standard InChI is InChI=1S/C21H23FN2O3/c22-16-7-5-14(6-8-16)15-9-11-23(12-10-15)19(25)13-24-20(26)17-3-1-2-4-18(17)21(24)27/h5-9,17-18H,1-4,10-13H2/t17-,18+. The third-order valence-electron chi connectivity index (χ3n) is 6.00. The Bertz CT molecular complexity index is 778. The van der Waals surface area contributed by atoms with Crippen LogP contribution in [0.5, 0.6) is 0 Å². The highest BCUT2D eigenvalue weighted by Gasteiger charge is 2.48. The lowest BCUT2D eigenvalue weighted by Crippen LogP contribution is -2.44. The number of benzene rings is 1. The largest absolute Gasteiger partial charge is 0.337 e. The van der Waals surface area contributed by atoms with Gasteiger partial charge in [-0.1, -0.05) is 31.1 Å². The van der Waals surface area contributed by atoms with Gasteiger partial charge in [0, 0.05) is 13.1 Å². The number of amides is 3. The van der Waals surface area contributed by atoms with Gasteiger partial charge >= 0.3 is 0 Å². The van der Waals surface area contributed by atoms with Gasteiger partial charge in [0.25, 0.3) is 0 Å². The third-order valence-corrected chi connectivity index (χ3v) is 6.00. The van der Waals surface area contributed by atoms with E-state index in [4.69, 9.17) is 0 Å². The van der Waals surface area contributed by atoms with E-state index in [1.54, 1.807) is 17.0 Å². The number of carbonyl (C=O) groups is 3. The van der Waals surface area contributed by atoms with E-state index in [-0.39, 0.29) is 41.9 Å². The van der Waals surface area contributed by atoms with Crippen LogP contribution in [0.2, 0.25) is 0 Å². The number of likely N-dealkylation sites (tertiary alicyclic amines) is 1. The molecule has 1 saturated carbocycles. The van der Waals surface area contributed by atoms with E-state index in [1.165, 1.54) is 17.0 Å². The van der Waals surface area contributed by atoms with E-state index < -0.39 is 0 Å². The molecule has 4 rings (SSSR count). The first-order valence-electron chi connectivity index (χ1n) is 9.62. The summed E-state index contributed by atoms with van der Waals surface area (Å²) in [7, 11) is 0. The summed E-state index contributed by atoms with van der Waals surface area (Å²) in [5, 5.41) is 0. The third kappa shape index (κ3) is 3.40. The van der Waals surface area contributed by atoms with Crippen molar-refractivity contribution in [2.75, 3.05) is 19.6 Å². The molecule has 0 radical (unpaired) electrons. The molecule has 2 fully saturated rings. The molecule has 6 heteroatoms. The number of fused-ring (bicyclic) bond motifs is 1. The van der Waals surface area contributed by atoms with Gasteiger partial charge in [0.05, 0.1) is 11.8 Å². The van der Waals surface area contributed by atoms with Crippen molar-refractivity contribution in [2.24, 2.45) is 11.8 Å². The van der Waals surface area contributed by atoms with Gasteiger partial charge in [0.15, 0.2) is 0 Å². The zero-order valence-corrected chi connectivity index (χ0v) is 15.2. The van der Waals surface area contributed by atoms with Crippen LogP contribution in [-0.4, -0.2) is 47.2 Å². The van der Waals surface area contributed by atoms with E-state index in [0.717, 1.165) is 36.8 Å². The van der Waals surface area contributed by atoms with E-state index in [2.05, 4.69) is 0 Å². The Balaban J connectivity index is 1.39. The average Bonchev–Trinajstić information content (AvgIpc) is 2.94. The number of carbonyl (C=O) groups excluding carboxylic acids is 3. The topological polar surface area (TPSA) is 57.7 Å². The number of hydrogen-bond donors (Lipinski definition) is 0. The maximum atomic E-state index is 13.1. The zero-order valence-electron chi connectivity index (χ0n) is 15.2. The first-order chi connectivity index (χ1) is 13.0. The lowest BCUT2D eigenvalue weighted by atomic mass is 9.81. The average molecular weight is 370 g/mol. The predicted octanol–water partition coefficient (Wildman–Crippen LogP) is 2.62. The second kappa shape index (κ2) is 7.25. The maximum absolute atomic E-state index is 13.1. The Kier molecular flexibility index (Phi) is 4.81. The minimum absolute atomic E-state index is 0.148. The van der Waals surface area contributed by atoms with E-state index in [0.29, 0.717) is 19.5 Å². The van der Waals surface area contributed by atoms with Gasteiger partial charge in [-0.05, 0) is 42.5 Å². The second-order valence-electron chi connectivity index (χ2n) is 7.59. The number of nitrogens with zero attached hydrogens (tertiary/aromatic N) is 2. The Morgan fingerprint density at radius 2 is 1.67 bits per heavy atom. The van der Waals surface area contributed by atoms with Crippen molar-refractivity contribution in [1.29, 1.82) is 0 Å². The van der Waals surface area contributed by atoms with Crippen molar-refractivity contribution < 1.29 is 18.8 Å². The first kappa shape index (κ1) is 17.9. The summed E-state index contributed by atoms with van der Waals surface area (Å²) >= 11 is 0. The lowest BCUT2D eigenvalue weighted by Gasteiger charge is -2.28. The van der Waals surface area contributed by atoms with Gasteiger partial charge in [-0.3, -0.25) is 19.3 Å². The van der Waals surface area contributed by atoms with Crippen LogP contribution in [0.1, 0.15) is 37.7 Å². The van der Waals surface area contributed by atoms with Crippen LogP contribution in [0.3, 0.4) is 0 Å². The predicted molar refractivity (Wildman–Crippen MR) is 97.7 cm³/mol. The normalized spacial score (nSPS) is 25.4. The minimum Gasteiger partial charge on any atom is -0.337 e. The molecule has 1 aromatic carbocycles. The van der Waals surface area contributed by atoms with Crippen molar-refractivity contribution in [3.05, 3.63) is 41.7 Å². The zero-order chi connectivity index (χ0) is 19.0. The Labute approximate surface area is 157 Å². The number of halogens is 1. The Morgan fingerprint density at radius 1 is 1.04 bits per heavy atom. The van der Waals surface area contributed by atoms with Gasteiger partial charge in [0.1, 0.15) is 12.4 Å². The van der Waals surface area contributed by atoms with Crippen LogP contribution >= 0.6 is 0 Å². The van der Waals surface area contributed by atoms with Gasteiger partial charge in [0.2, 0.25) is 17.7 Å². The van der Waals surface area contributed by atoms with Gasteiger partial charge < -0.3 is 4.90 Å². The summed E-state index contributed by atoms with van der Waals surface area (Å²) in [6, 6.07) is 6.33. The van der Waals surface area contributed by atoms with E-state index >= 15 is 0 Å². The van der Waals surface area contributed by atoms with Crippen LogP contribution in [0, 0.1) is 17.7 Å². The van der Waals surface area contributed by atoms with Crippen LogP contribution in [0.15, 0.2) is 30.3 Å². The van der Waals surface area contributed by atoms with Crippen LogP contribution in [-0.2, 0) is 14.4 Å². The quantitative estimate of drug-likeness (QED) is 0.769. The van der Waals surface area contributed by atoms with E-state index in [1.807, 2.05) is 6.08 Å². The molecule has 2 atom stereocenters. The fourth-order valence-electron chi connectivity index (χ4n) is 4.44. The first-order valence-corrected chi connectivity index (χ1v) is 9.62. The van der Waals surface area contributed by atoms with Crippen molar-refractivity contribution >= 4 is 23.3 Å². The molecule has 1 aromatic rings. The highest BCUT2D eigenvalue weighted by Crippen LogP contribution is 2.38. The highest BCUT2D eigenvalue weighted by atomic mass is 19.1. The SMILES string of the molecule is O=C(CN1C(=O)[C@H]2CCCC[C@H]2C1=O)N1CC=C(c2ccc(F)cc2)CC1. The molecule has 5 nitrogen and oxygen atoms in total. The number of rotatable bonds is 3. The fraction of sp³-hybridized carbons (Fsp3) is 0.476. The maximum Gasteiger partial charge on any atom is 0.243 e. The Hall–Kier alpha value is -2.50. The molecule has 1 aliphatic carbocycles. The molecule has 0 N–H and O–H groups in total. The molecule has 1 saturated heterocycles. The second-order valence-corrected chi connectivity index (χ2v) is 7.59. The summed E-state index contributed by atoms with van der Waals surface area (Å²) in [5.74, 6) is -1.23. The van der Waals surface area contributed by atoms with Crippen LogP contribution in [0.4, 0.5) is 4.39 Å².